The van der Waals surface area contributed by atoms with Crippen molar-refractivity contribution in [1.29, 1.82) is 0 Å². The van der Waals surface area contributed by atoms with Gasteiger partial charge in [0.25, 0.3) is 0 Å². The molecule has 146 valence electrons. The van der Waals surface area contributed by atoms with Crippen LogP contribution in [-0.2, 0) is 11.2 Å². The molecule has 2 saturated heterocycles. The molecule has 2 aromatic rings. The quantitative estimate of drug-likeness (QED) is 0.878. The normalized spacial score (nSPS) is 18.6. The first-order valence-electron chi connectivity index (χ1n) is 9.61. The van der Waals surface area contributed by atoms with E-state index in [9.17, 15) is 4.79 Å². The number of nitrogen functional groups attached to an aromatic ring is 1. The smallest absolute Gasteiger partial charge is 0.410 e. The van der Waals surface area contributed by atoms with Gasteiger partial charge in [-0.05, 0) is 46.2 Å². The van der Waals surface area contributed by atoms with Gasteiger partial charge < -0.3 is 20.3 Å². The Morgan fingerprint density at radius 3 is 2.52 bits per heavy atom. The summed E-state index contributed by atoms with van der Waals surface area (Å²) in [4.78, 5) is 16.3. The van der Waals surface area contributed by atoms with Crippen molar-refractivity contribution in [3.63, 3.8) is 0 Å². The van der Waals surface area contributed by atoms with E-state index in [1.165, 1.54) is 5.69 Å². The third-order valence-corrected chi connectivity index (χ3v) is 5.47. The van der Waals surface area contributed by atoms with Crippen LogP contribution in [0.5, 0.6) is 0 Å². The number of pyridine rings is 1. The molecule has 27 heavy (non-hydrogen) atoms. The van der Waals surface area contributed by atoms with Crippen LogP contribution in [0, 0.1) is 12.3 Å². The summed E-state index contributed by atoms with van der Waals surface area (Å²) in [6, 6.07) is 4.29. The molecule has 0 aromatic carbocycles. The Morgan fingerprint density at radius 1 is 1.26 bits per heavy atom. The molecular weight excluding hydrogens is 342 g/mol. The van der Waals surface area contributed by atoms with Crippen molar-refractivity contribution >= 4 is 23.0 Å². The number of ether oxygens (including phenoxy) is 1. The van der Waals surface area contributed by atoms with Crippen molar-refractivity contribution in [2.45, 2.75) is 46.6 Å². The van der Waals surface area contributed by atoms with E-state index in [4.69, 9.17) is 10.5 Å². The lowest BCUT2D eigenvalue weighted by Gasteiger charge is -2.60. The summed E-state index contributed by atoms with van der Waals surface area (Å²) < 4.78 is 7.39. The summed E-state index contributed by atoms with van der Waals surface area (Å²) >= 11 is 0. The predicted molar refractivity (Wildman–Crippen MR) is 106 cm³/mol. The average molecular weight is 371 g/mol. The van der Waals surface area contributed by atoms with Gasteiger partial charge in [-0.25, -0.2) is 9.31 Å². The van der Waals surface area contributed by atoms with Crippen LogP contribution in [0.4, 0.5) is 16.2 Å². The zero-order chi connectivity index (χ0) is 19.6. The van der Waals surface area contributed by atoms with Crippen molar-refractivity contribution < 1.29 is 9.53 Å². The van der Waals surface area contributed by atoms with Gasteiger partial charge in [-0.15, -0.1) is 0 Å². The van der Waals surface area contributed by atoms with Gasteiger partial charge in [0, 0.05) is 43.0 Å². The number of hydrogen-bond acceptors (Lipinski definition) is 5. The molecule has 0 atom stereocenters. The van der Waals surface area contributed by atoms with E-state index in [1.807, 2.05) is 25.3 Å². The first-order chi connectivity index (χ1) is 12.6. The number of rotatable bonds is 2. The molecule has 2 N–H and O–H groups in total. The monoisotopic (exact) mass is 371 g/mol. The number of nitrogens with two attached hydrogens (primary N) is 1. The van der Waals surface area contributed by atoms with Crippen LogP contribution < -0.4 is 10.6 Å². The molecule has 0 bridgehead atoms. The van der Waals surface area contributed by atoms with Crippen molar-refractivity contribution in [2.24, 2.45) is 5.41 Å². The Kier molecular flexibility index (Phi) is 3.84. The summed E-state index contributed by atoms with van der Waals surface area (Å²) in [6.07, 6.45) is 0.623. The third-order valence-electron chi connectivity index (χ3n) is 5.47. The van der Waals surface area contributed by atoms with E-state index >= 15 is 0 Å². The molecule has 2 aliphatic rings. The molecule has 0 unspecified atom stereocenters. The van der Waals surface area contributed by atoms with Gasteiger partial charge in [0.2, 0.25) is 0 Å². The largest absolute Gasteiger partial charge is 0.444 e. The van der Waals surface area contributed by atoms with Gasteiger partial charge in [0.05, 0.1) is 16.9 Å². The predicted octanol–water partition coefficient (Wildman–Crippen LogP) is 2.84. The summed E-state index contributed by atoms with van der Waals surface area (Å²) in [5.74, 6) is 0. The number of likely N-dealkylation sites (tertiary alicyclic amines) is 1. The second-order valence-corrected chi connectivity index (χ2v) is 9.06. The Hall–Kier alpha value is -2.44. The molecule has 2 aliphatic heterocycles. The minimum atomic E-state index is -0.444. The van der Waals surface area contributed by atoms with E-state index < -0.39 is 5.60 Å². The Balaban J connectivity index is 1.43. The molecule has 7 heteroatoms. The van der Waals surface area contributed by atoms with Gasteiger partial charge in [-0.1, -0.05) is 6.92 Å². The summed E-state index contributed by atoms with van der Waals surface area (Å²) in [7, 11) is 0. The SMILES string of the molecule is CCc1nn2c(C)cc(N3CC4(CN(C(=O)OC(C)(C)C)C4)C3)cc2c1N. The van der Waals surface area contributed by atoms with E-state index in [1.54, 1.807) is 4.90 Å². The van der Waals surface area contributed by atoms with Gasteiger partial charge >= 0.3 is 6.09 Å². The van der Waals surface area contributed by atoms with Gasteiger partial charge in [-0.3, -0.25) is 0 Å². The number of aromatic nitrogens is 2. The molecule has 2 fully saturated rings. The number of carbonyl (C=O) groups is 1. The number of carbonyl (C=O) groups excluding carboxylic acids is 1. The van der Waals surface area contributed by atoms with Crippen LogP contribution in [0.3, 0.4) is 0 Å². The highest BCUT2D eigenvalue weighted by Gasteiger charge is 2.54. The standard InChI is InChI=1S/C20H29N5O2/c1-6-15-17(21)16-8-14(7-13(2)25(16)22-15)23-9-20(10-23)11-24(12-20)18(26)27-19(3,4)5/h7-8H,6,9-12,21H2,1-5H3. The molecule has 1 amide bonds. The Bertz CT molecular complexity index is 897. The molecule has 7 nitrogen and oxygen atoms in total. The van der Waals surface area contributed by atoms with Gasteiger partial charge in [0.15, 0.2) is 0 Å². The first-order valence-corrected chi connectivity index (χ1v) is 9.61. The minimum Gasteiger partial charge on any atom is -0.444 e. The van der Waals surface area contributed by atoms with Crippen molar-refractivity contribution in [3.8, 4) is 0 Å². The summed E-state index contributed by atoms with van der Waals surface area (Å²) in [6.45, 7) is 13.3. The van der Waals surface area contributed by atoms with Gasteiger partial charge in [0.1, 0.15) is 5.60 Å². The number of amides is 1. The highest BCUT2D eigenvalue weighted by atomic mass is 16.6. The molecular formula is C20H29N5O2. The van der Waals surface area contributed by atoms with E-state index in [2.05, 4.69) is 36.0 Å². The van der Waals surface area contributed by atoms with Crippen molar-refractivity contribution in [1.82, 2.24) is 14.5 Å². The lowest BCUT2D eigenvalue weighted by Crippen LogP contribution is -2.73. The average Bonchev–Trinajstić information content (AvgIpc) is 2.80. The zero-order valence-electron chi connectivity index (χ0n) is 16.9. The molecule has 0 radical (unpaired) electrons. The fourth-order valence-electron chi connectivity index (χ4n) is 4.16. The van der Waals surface area contributed by atoms with Crippen LogP contribution in [0.25, 0.3) is 5.52 Å². The van der Waals surface area contributed by atoms with Crippen LogP contribution >= 0.6 is 0 Å². The van der Waals surface area contributed by atoms with Crippen molar-refractivity contribution in [2.75, 3.05) is 36.8 Å². The summed E-state index contributed by atoms with van der Waals surface area (Å²) in [5, 5.41) is 4.60. The van der Waals surface area contributed by atoms with Crippen LogP contribution in [0.2, 0.25) is 0 Å². The number of anilines is 2. The number of fused-ring (bicyclic) bond motifs is 1. The maximum atomic E-state index is 12.1. The number of aryl methyl sites for hydroxylation is 2. The summed E-state index contributed by atoms with van der Waals surface area (Å²) in [5.41, 5.74) is 11.0. The molecule has 0 saturated carbocycles. The molecule has 0 aliphatic carbocycles. The van der Waals surface area contributed by atoms with Gasteiger partial charge in [-0.2, -0.15) is 5.10 Å². The fraction of sp³-hybridized carbons (Fsp3) is 0.600. The van der Waals surface area contributed by atoms with Crippen LogP contribution in [0.15, 0.2) is 12.1 Å². The molecule has 4 heterocycles. The van der Waals surface area contributed by atoms with Crippen LogP contribution in [0.1, 0.15) is 39.1 Å². The zero-order valence-corrected chi connectivity index (χ0v) is 16.9. The topological polar surface area (TPSA) is 76.1 Å². The van der Waals surface area contributed by atoms with Crippen molar-refractivity contribution in [3.05, 3.63) is 23.5 Å². The van der Waals surface area contributed by atoms with E-state index in [-0.39, 0.29) is 11.5 Å². The molecule has 2 aromatic heterocycles. The van der Waals surface area contributed by atoms with E-state index in [0.29, 0.717) is 0 Å². The third kappa shape index (κ3) is 2.99. The fourth-order valence-corrected chi connectivity index (χ4v) is 4.16. The highest BCUT2D eigenvalue weighted by molar-refractivity contribution is 5.77. The second kappa shape index (κ2) is 5.78. The number of hydrogen-bond donors (Lipinski definition) is 1. The molecule has 1 spiro atoms. The second-order valence-electron chi connectivity index (χ2n) is 9.06. The maximum Gasteiger partial charge on any atom is 0.410 e. The maximum absolute atomic E-state index is 12.1. The molecule has 4 rings (SSSR count). The lowest BCUT2D eigenvalue weighted by atomic mass is 9.73. The minimum absolute atomic E-state index is 0.206. The van der Waals surface area contributed by atoms with Crippen LogP contribution in [-0.4, -0.2) is 52.4 Å². The van der Waals surface area contributed by atoms with E-state index in [0.717, 1.165) is 55.2 Å². The Labute approximate surface area is 160 Å². The highest BCUT2D eigenvalue weighted by Crippen LogP contribution is 2.43. The Morgan fingerprint density at radius 2 is 1.93 bits per heavy atom. The first kappa shape index (κ1) is 17.9. The lowest BCUT2D eigenvalue weighted by molar-refractivity contribution is -0.0452. The number of nitrogens with zero attached hydrogens (tertiary/aromatic N) is 4.